The van der Waals surface area contributed by atoms with Crippen LogP contribution in [0.1, 0.15) is 0 Å². The number of anilines is 1. The highest BCUT2D eigenvalue weighted by molar-refractivity contribution is 6.18. The number of imidazole rings is 1. The van der Waals surface area contributed by atoms with E-state index in [4.69, 9.17) is 11.6 Å². The molecule has 0 radical (unpaired) electrons. The first-order chi connectivity index (χ1) is 7.31. The third kappa shape index (κ3) is 2.44. The van der Waals surface area contributed by atoms with Crippen molar-refractivity contribution in [1.29, 1.82) is 0 Å². The highest BCUT2D eigenvalue weighted by Gasteiger charge is 2.18. The van der Waals surface area contributed by atoms with Crippen molar-refractivity contribution >= 4 is 17.5 Å². The number of aromatic nitrogens is 2. The molecule has 15 heavy (non-hydrogen) atoms. The van der Waals surface area contributed by atoms with Gasteiger partial charge in [-0.2, -0.15) is 0 Å². The number of hydrogen-bond donors (Lipinski definition) is 0. The van der Waals surface area contributed by atoms with Crippen molar-refractivity contribution in [3.63, 3.8) is 0 Å². The molecule has 0 N–H and O–H groups in total. The minimum atomic E-state index is 0.725. The second-order valence-electron chi connectivity index (χ2n) is 3.86. The smallest absolute Gasteiger partial charge is 0.205 e. The zero-order valence-electron chi connectivity index (χ0n) is 9.06. The van der Waals surface area contributed by atoms with Crippen LogP contribution in [0, 0.1) is 0 Å². The Hall–Kier alpha value is -0.740. The Balaban J connectivity index is 1.91. The largest absolute Gasteiger partial charge is 0.340 e. The Kier molecular flexibility index (Phi) is 3.49. The van der Waals surface area contributed by atoms with E-state index in [1.165, 1.54) is 0 Å². The monoisotopic (exact) mass is 228 g/mol. The first-order valence-electron chi connectivity index (χ1n) is 5.32. The van der Waals surface area contributed by atoms with E-state index < -0.39 is 0 Å². The van der Waals surface area contributed by atoms with E-state index in [0.717, 1.165) is 44.6 Å². The lowest BCUT2D eigenvalue weighted by atomic mass is 10.3. The Morgan fingerprint density at radius 1 is 1.33 bits per heavy atom. The SMILES string of the molecule is Cn1ccnc1N1CCN(CCCl)CC1. The molecule has 1 aliphatic rings. The van der Waals surface area contributed by atoms with E-state index >= 15 is 0 Å². The second-order valence-corrected chi connectivity index (χ2v) is 4.23. The molecule has 0 aliphatic carbocycles. The van der Waals surface area contributed by atoms with Crippen LogP contribution in [0.15, 0.2) is 12.4 Å². The van der Waals surface area contributed by atoms with Gasteiger partial charge in [0.15, 0.2) is 0 Å². The van der Waals surface area contributed by atoms with Gasteiger partial charge < -0.3 is 9.47 Å². The molecule has 0 spiro atoms. The van der Waals surface area contributed by atoms with Crippen LogP contribution in [0.4, 0.5) is 5.95 Å². The number of alkyl halides is 1. The third-order valence-electron chi connectivity index (χ3n) is 2.85. The molecule has 0 amide bonds. The molecule has 0 saturated carbocycles. The summed E-state index contributed by atoms with van der Waals surface area (Å²) in [6.07, 6.45) is 3.83. The second kappa shape index (κ2) is 4.86. The lowest BCUT2D eigenvalue weighted by molar-refractivity contribution is 0.271. The van der Waals surface area contributed by atoms with Crippen LogP contribution >= 0.6 is 11.6 Å². The zero-order chi connectivity index (χ0) is 10.7. The van der Waals surface area contributed by atoms with Gasteiger partial charge in [0.2, 0.25) is 5.95 Å². The maximum Gasteiger partial charge on any atom is 0.205 e. The molecule has 0 aromatic carbocycles. The van der Waals surface area contributed by atoms with Crippen molar-refractivity contribution in [3.8, 4) is 0 Å². The zero-order valence-corrected chi connectivity index (χ0v) is 9.82. The van der Waals surface area contributed by atoms with E-state index in [2.05, 4.69) is 19.4 Å². The Bertz CT molecular complexity index is 304. The highest BCUT2D eigenvalue weighted by Crippen LogP contribution is 2.12. The summed E-state index contributed by atoms with van der Waals surface area (Å²) < 4.78 is 2.07. The maximum atomic E-state index is 5.72. The van der Waals surface area contributed by atoms with E-state index in [0.29, 0.717) is 0 Å². The minimum absolute atomic E-state index is 0.725. The summed E-state index contributed by atoms with van der Waals surface area (Å²) in [6.45, 7) is 5.25. The number of hydrogen-bond acceptors (Lipinski definition) is 3. The maximum absolute atomic E-state index is 5.72. The molecule has 1 aromatic heterocycles. The fourth-order valence-corrected chi connectivity index (χ4v) is 2.19. The van der Waals surface area contributed by atoms with E-state index in [9.17, 15) is 0 Å². The molecule has 1 aliphatic heterocycles. The van der Waals surface area contributed by atoms with Gasteiger partial charge in [0.05, 0.1) is 0 Å². The van der Waals surface area contributed by atoms with Crippen molar-refractivity contribution in [1.82, 2.24) is 14.5 Å². The molecule has 0 bridgehead atoms. The van der Waals surface area contributed by atoms with Gasteiger partial charge in [-0.1, -0.05) is 0 Å². The molecule has 1 aromatic rings. The van der Waals surface area contributed by atoms with Gasteiger partial charge in [-0.15, -0.1) is 11.6 Å². The van der Waals surface area contributed by atoms with Crippen LogP contribution in [0.3, 0.4) is 0 Å². The summed E-state index contributed by atoms with van der Waals surface area (Å²) in [7, 11) is 2.04. The van der Waals surface area contributed by atoms with Crippen LogP contribution in [-0.4, -0.2) is 53.1 Å². The lowest BCUT2D eigenvalue weighted by Gasteiger charge is -2.34. The van der Waals surface area contributed by atoms with Crippen LogP contribution in [0.5, 0.6) is 0 Å². The fourth-order valence-electron chi connectivity index (χ4n) is 1.95. The summed E-state index contributed by atoms with van der Waals surface area (Å²) >= 11 is 5.72. The number of rotatable bonds is 3. The first kappa shape index (κ1) is 10.8. The molecule has 2 heterocycles. The van der Waals surface area contributed by atoms with Gasteiger partial charge in [0.25, 0.3) is 0 Å². The first-order valence-corrected chi connectivity index (χ1v) is 5.85. The standard InChI is InChI=1S/C10H17ClN4/c1-13-5-3-12-10(13)15-8-6-14(4-2-11)7-9-15/h3,5H,2,4,6-9H2,1H3. The van der Waals surface area contributed by atoms with Crippen molar-refractivity contribution in [3.05, 3.63) is 12.4 Å². The normalized spacial score (nSPS) is 18.4. The van der Waals surface area contributed by atoms with Gasteiger partial charge in [0.1, 0.15) is 0 Å². The van der Waals surface area contributed by atoms with Crippen molar-refractivity contribution in [2.45, 2.75) is 0 Å². The molecule has 4 nitrogen and oxygen atoms in total. The Morgan fingerprint density at radius 3 is 2.60 bits per heavy atom. The molecule has 0 unspecified atom stereocenters. The Labute approximate surface area is 95.4 Å². The van der Waals surface area contributed by atoms with Gasteiger partial charge in [0, 0.05) is 58.0 Å². The highest BCUT2D eigenvalue weighted by atomic mass is 35.5. The molecular formula is C10H17ClN4. The quantitative estimate of drug-likeness (QED) is 0.715. The summed E-state index contributed by atoms with van der Waals surface area (Å²) in [5.74, 6) is 1.79. The van der Waals surface area contributed by atoms with Crippen LogP contribution < -0.4 is 4.90 Å². The number of nitrogens with zero attached hydrogens (tertiary/aromatic N) is 4. The lowest BCUT2D eigenvalue weighted by Crippen LogP contribution is -2.47. The van der Waals surface area contributed by atoms with E-state index in [1.807, 2.05) is 19.4 Å². The summed E-state index contributed by atoms with van der Waals surface area (Å²) in [6, 6.07) is 0. The predicted molar refractivity (Wildman–Crippen MR) is 62.6 cm³/mol. The van der Waals surface area contributed by atoms with E-state index in [1.54, 1.807) is 0 Å². The fraction of sp³-hybridized carbons (Fsp3) is 0.700. The summed E-state index contributed by atoms with van der Waals surface area (Å²) in [5.41, 5.74) is 0. The van der Waals surface area contributed by atoms with Crippen molar-refractivity contribution in [2.75, 3.05) is 43.5 Å². The van der Waals surface area contributed by atoms with Crippen LogP contribution in [0.25, 0.3) is 0 Å². The number of piperazine rings is 1. The summed E-state index contributed by atoms with van der Waals surface area (Å²) in [4.78, 5) is 9.07. The van der Waals surface area contributed by atoms with Gasteiger partial charge >= 0.3 is 0 Å². The van der Waals surface area contributed by atoms with Crippen LogP contribution in [0.2, 0.25) is 0 Å². The van der Waals surface area contributed by atoms with Gasteiger partial charge in [-0.3, -0.25) is 4.90 Å². The van der Waals surface area contributed by atoms with Gasteiger partial charge in [-0.25, -0.2) is 4.98 Å². The molecule has 1 fully saturated rings. The minimum Gasteiger partial charge on any atom is -0.340 e. The van der Waals surface area contributed by atoms with Crippen LogP contribution in [-0.2, 0) is 7.05 Å². The molecule has 0 atom stereocenters. The number of halogens is 1. The number of aryl methyl sites for hydroxylation is 1. The molecule has 2 rings (SSSR count). The van der Waals surface area contributed by atoms with Crippen molar-refractivity contribution in [2.24, 2.45) is 7.05 Å². The molecule has 84 valence electrons. The van der Waals surface area contributed by atoms with E-state index in [-0.39, 0.29) is 0 Å². The topological polar surface area (TPSA) is 24.3 Å². The molecule has 5 heteroatoms. The molecular weight excluding hydrogens is 212 g/mol. The van der Waals surface area contributed by atoms with Gasteiger partial charge in [-0.05, 0) is 0 Å². The molecule has 1 saturated heterocycles. The third-order valence-corrected chi connectivity index (χ3v) is 3.02. The predicted octanol–water partition coefficient (Wildman–Crippen LogP) is 0.781. The Morgan fingerprint density at radius 2 is 2.07 bits per heavy atom. The van der Waals surface area contributed by atoms with Crippen molar-refractivity contribution < 1.29 is 0 Å². The average molecular weight is 229 g/mol. The average Bonchev–Trinajstić information content (AvgIpc) is 2.66. The summed E-state index contributed by atoms with van der Waals surface area (Å²) in [5, 5.41) is 0.